The summed E-state index contributed by atoms with van der Waals surface area (Å²) < 4.78 is 0.0894. The van der Waals surface area contributed by atoms with E-state index in [0.29, 0.717) is 5.56 Å². The Kier molecular flexibility index (Phi) is 3.09. The fraction of sp³-hybridized carbons (Fsp3) is 0.400. The maximum absolute atomic E-state index is 10.7. The predicted octanol–water partition coefficient (Wildman–Crippen LogP) is 2.78. The van der Waals surface area contributed by atoms with Crippen molar-refractivity contribution in [3.63, 3.8) is 0 Å². The van der Waals surface area contributed by atoms with Crippen LogP contribution in [-0.2, 0) is 0 Å². The van der Waals surface area contributed by atoms with Crippen LogP contribution >= 0.6 is 11.8 Å². The summed E-state index contributed by atoms with van der Waals surface area (Å²) in [4.78, 5) is 14.8. The molecule has 1 aromatic heterocycles. The van der Waals surface area contributed by atoms with Gasteiger partial charge in [0.1, 0.15) is 5.03 Å². The lowest BCUT2D eigenvalue weighted by atomic mass is 10.3. The summed E-state index contributed by atoms with van der Waals surface area (Å²) in [5, 5.41) is 0.810. The van der Waals surface area contributed by atoms with E-state index in [2.05, 4.69) is 25.8 Å². The summed E-state index contributed by atoms with van der Waals surface area (Å²) in [6.45, 7) is 6.29. The van der Waals surface area contributed by atoms with Gasteiger partial charge in [0.2, 0.25) is 0 Å². The van der Waals surface area contributed by atoms with Gasteiger partial charge in [0.15, 0.2) is 6.29 Å². The molecule has 0 aliphatic heterocycles. The van der Waals surface area contributed by atoms with Gasteiger partial charge in [0.05, 0.1) is 0 Å². The number of thioether (sulfide) groups is 1. The Morgan fingerprint density at radius 3 is 2.69 bits per heavy atom. The first-order valence-corrected chi connectivity index (χ1v) is 4.94. The summed E-state index contributed by atoms with van der Waals surface area (Å²) in [5.41, 5.74) is 0.669. The standard InChI is InChI=1S/C10H13NOS/c1-10(2,3)13-9-8(7-12)5-4-6-11-9/h4-7H,1-3H3. The molecule has 1 rings (SSSR count). The molecule has 0 atom stereocenters. The Morgan fingerprint density at radius 2 is 2.15 bits per heavy atom. The average Bonchev–Trinajstić information content (AvgIpc) is 2.02. The molecule has 0 unspecified atom stereocenters. The molecular weight excluding hydrogens is 182 g/mol. The van der Waals surface area contributed by atoms with E-state index in [-0.39, 0.29) is 4.75 Å². The molecule has 0 amide bonds. The second-order valence-electron chi connectivity index (χ2n) is 3.73. The molecule has 0 saturated heterocycles. The van der Waals surface area contributed by atoms with Gasteiger partial charge < -0.3 is 0 Å². The molecule has 0 radical (unpaired) electrons. The van der Waals surface area contributed by atoms with Gasteiger partial charge in [-0.1, -0.05) is 32.5 Å². The van der Waals surface area contributed by atoms with Crippen molar-refractivity contribution in [2.24, 2.45) is 0 Å². The van der Waals surface area contributed by atoms with E-state index in [1.54, 1.807) is 30.1 Å². The highest BCUT2D eigenvalue weighted by Gasteiger charge is 2.15. The number of aldehydes is 1. The second-order valence-corrected chi connectivity index (χ2v) is 5.55. The molecule has 0 spiro atoms. The van der Waals surface area contributed by atoms with E-state index in [9.17, 15) is 4.79 Å². The molecular formula is C10H13NOS. The van der Waals surface area contributed by atoms with E-state index in [4.69, 9.17) is 0 Å². The third kappa shape index (κ3) is 3.19. The van der Waals surface area contributed by atoms with Gasteiger partial charge in [0.25, 0.3) is 0 Å². The van der Waals surface area contributed by atoms with E-state index < -0.39 is 0 Å². The van der Waals surface area contributed by atoms with E-state index in [1.165, 1.54) is 0 Å². The van der Waals surface area contributed by atoms with Crippen LogP contribution < -0.4 is 0 Å². The second kappa shape index (κ2) is 3.92. The van der Waals surface area contributed by atoms with Crippen molar-refractivity contribution in [1.82, 2.24) is 4.98 Å². The van der Waals surface area contributed by atoms with Crippen LogP contribution in [0.25, 0.3) is 0 Å². The number of pyridine rings is 1. The number of carbonyl (C=O) groups excluding carboxylic acids is 1. The summed E-state index contributed by atoms with van der Waals surface area (Å²) in [6.07, 6.45) is 2.56. The largest absolute Gasteiger partial charge is 0.298 e. The third-order valence-electron chi connectivity index (χ3n) is 1.33. The zero-order valence-corrected chi connectivity index (χ0v) is 8.89. The van der Waals surface area contributed by atoms with Gasteiger partial charge in [-0.25, -0.2) is 4.98 Å². The van der Waals surface area contributed by atoms with Gasteiger partial charge in [-0.3, -0.25) is 4.79 Å². The van der Waals surface area contributed by atoms with Gasteiger partial charge in [-0.2, -0.15) is 0 Å². The summed E-state index contributed by atoms with van der Waals surface area (Å²) in [7, 11) is 0. The molecule has 0 bridgehead atoms. The lowest BCUT2D eigenvalue weighted by Gasteiger charge is -2.17. The van der Waals surface area contributed by atoms with E-state index >= 15 is 0 Å². The number of rotatable bonds is 2. The van der Waals surface area contributed by atoms with Crippen molar-refractivity contribution < 1.29 is 4.79 Å². The Labute approximate surface area is 82.8 Å². The Morgan fingerprint density at radius 1 is 1.46 bits per heavy atom. The monoisotopic (exact) mass is 195 g/mol. The number of aromatic nitrogens is 1. The fourth-order valence-corrected chi connectivity index (χ4v) is 1.80. The summed E-state index contributed by atoms with van der Waals surface area (Å²) in [6, 6.07) is 3.56. The van der Waals surface area contributed by atoms with Crippen LogP contribution in [0.15, 0.2) is 23.4 Å². The van der Waals surface area contributed by atoms with Crippen molar-refractivity contribution in [3.05, 3.63) is 23.9 Å². The molecule has 0 aliphatic rings. The maximum atomic E-state index is 10.7. The summed E-state index contributed by atoms with van der Waals surface area (Å²) >= 11 is 1.61. The van der Waals surface area contributed by atoms with Crippen molar-refractivity contribution >= 4 is 18.0 Å². The summed E-state index contributed by atoms with van der Waals surface area (Å²) in [5.74, 6) is 0. The van der Waals surface area contributed by atoms with Crippen LogP contribution in [0.4, 0.5) is 0 Å². The molecule has 1 heterocycles. The van der Waals surface area contributed by atoms with Crippen molar-refractivity contribution in [3.8, 4) is 0 Å². The smallest absolute Gasteiger partial charge is 0.152 e. The SMILES string of the molecule is CC(C)(C)Sc1ncccc1C=O. The first-order valence-electron chi connectivity index (χ1n) is 4.12. The minimum absolute atomic E-state index is 0.0894. The van der Waals surface area contributed by atoms with Gasteiger partial charge in [-0.05, 0) is 12.1 Å². The minimum atomic E-state index is 0.0894. The maximum Gasteiger partial charge on any atom is 0.152 e. The molecule has 2 nitrogen and oxygen atoms in total. The third-order valence-corrected chi connectivity index (χ3v) is 2.48. The quantitative estimate of drug-likeness (QED) is 0.537. The Bertz CT molecular complexity index is 304. The fourth-order valence-electron chi connectivity index (χ4n) is 0.868. The molecule has 13 heavy (non-hydrogen) atoms. The predicted molar refractivity (Wildman–Crippen MR) is 55.2 cm³/mol. The van der Waals surface area contributed by atoms with Crippen molar-refractivity contribution in [2.45, 2.75) is 30.5 Å². The molecule has 0 fully saturated rings. The highest BCUT2D eigenvalue weighted by atomic mass is 32.2. The zero-order valence-electron chi connectivity index (χ0n) is 8.07. The number of nitrogens with zero attached hydrogens (tertiary/aromatic N) is 1. The lowest BCUT2D eigenvalue weighted by Crippen LogP contribution is -2.08. The minimum Gasteiger partial charge on any atom is -0.298 e. The number of hydrogen-bond acceptors (Lipinski definition) is 3. The first kappa shape index (κ1) is 10.3. The lowest BCUT2D eigenvalue weighted by molar-refractivity contribution is 0.112. The zero-order chi connectivity index (χ0) is 9.90. The molecule has 0 aliphatic carbocycles. The highest BCUT2D eigenvalue weighted by molar-refractivity contribution is 8.00. The molecule has 0 N–H and O–H groups in total. The number of carbonyl (C=O) groups is 1. The van der Waals surface area contributed by atoms with E-state index in [1.807, 2.05) is 0 Å². The Hall–Kier alpha value is -0.830. The van der Waals surface area contributed by atoms with Crippen LogP contribution in [0, 0.1) is 0 Å². The molecule has 3 heteroatoms. The van der Waals surface area contributed by atoms with Gasteiger partial charge in [0, 0.05) is 16.5 Å². The van der Waals surface area contributed by atoms with Gasteiger partial charge in [-0.15, -0.1) is 0 Å². The normalized spacial score (nSPS) is 11.3. The van der Waals surface area contributed by atoms with Crippen molar-refractivity contribution in [2.75, 3.05) is 0 Å². The molecule has 0 saturated carbocycles. The van der Waals surface area contributed by atoms with Crippen LogP contribution in [0.2, 0.25) is 0 Å². The topological polar surface area (TPSA) is 30.0 Å². The van der Waals surface area contributed by atoms with Crippen LogP contribution in [0.5, 0.6) is 0 Å². The van der Waals surface area contributed by atoms with Gasteiger partial charge >= 0.3 is 0 Å². The van der Waals surface area contributed by atoms with Crippen molar-refractivity contribution in [1.29, 1.82) is 0 Å². The van der Waals surface area contributed by atoms with Crippen LogP contribution in [0.3, 0.4) is 0 Å². The first-order chi connectivity index (χ1) is 6.03. The highest BCUT2D eigenvalue weighted by Crippen LogP contribution is 2.31. The molecule has 1 aromatic rings. The number of hydrogen-bond donors (Lipinski definition) is 0. The molecule has 0 aromatic carbocycles. The van der Waals surface area contributed by atoms with Crippen LogP contribution in [-0.4, -0.2) is 16.0 Å². The van der Waals surface area contributed by atoms with Crippen LogP contribution in [0.1, 0.15) is 31.1 Å². The molecule has 70 valence electrons. The Balaban J connectivity index is 2.94. The van der Waals surface area contributed by atoms with E-state index in [0.717, 1.165) is 11.3 Å². The average molecular weight is 195 g/mol.